The highest BCUT2D eigenvalue weighted by Crippen LogP contribution is 2.44. The van der Waals surface area contributed by atoms with Gasteiger partial charge in [0, 0.05) is 12.2 Å². The molecule has 1 fully saturated rings. The van der Waals surface area contributed by atoms with Gasteiger partial charge in [-0.05, 0) is 49.1 Å². The van der Waals surface area contributed by atoms with Crippen LogP contribution in [-0.4, -0.2) is 16.8 Å². The van der Waals surface area contributed by atoms with E-state index in [2.05, 4.69) is 19.1 Å². The van der Waals surface area contributed by atoms with Gasteiger partial charge < -0.3 is 10.2 Å². The number of phenols is 1. The first-order valence-corrected chi connectivity index (χ1v) is 7.51. The lowest BCUT2D eigenvalue weighted by Crippen LogP contribution is -2.25. The maximum absolute atomic E-state index is 10.4. The summed E-state index contributed by atoms with van der Waals surface area (Å²) in [7, 11) is 0. The molecule has 0 heterocycles. The van der Waals surface area contributed by atoms with Gasteiger partial charge in [-0.2, -0.15) is 0 Å². The minimum Gasteiger partial charge on any atom is -0.507 e. The van der Waals surface area contributed by atoms with Gasteiger partial charge in [-0.1, -0.05) is 38.3 Å². The minimum atomic E-state index is 0.127. The molecule has 1 aromatic carbocycles. The zero-order valence-corrected chi connectivity index (χ0v) is 12.2. The predicted octanol–water partition coefficient (Wildman–Crippen LogP) is 3.85. The van der Waals surface area contributed by atoms with Gasteiger partial charge in [0.15, 0.2) is 0 Å². The third-order valence-electron chi connectivity index (χ3n) is 4.59. The standard InChI is InChI=1S/C17H26O2/c1-13-11-14(7-6-10-18)12-15(16(13)19)17(2)8-4-3-5-9-17/h11-12,18-19H,3-10H2,1-2H3. The van der Waals surface area contributed by atoms with Gasteiger partial charge in [0.2, 0.25) is 0 Å². The van der Waals surface area contributed by atoms with Gasteiger partial charge >= 0.3 is 0 Å². The molecule has 0 unspecified atom stereocenters. The molecule has 2 nitrogen and oxygen atoms in total. The highest BCUT2D eigenvalue weighted by atomic mass is 16.3. The summed E-state index contributed by atoms with van der Waals surface area (Å²) in [6, 6.07) is 4.23. The van der Waals surface area contributed by atoms with Crippen LogP contribution in [0.4, 0.5) is 0 Å². The first-order valence-electron chi connectivity index (χ1n) is 7.51. The molecule has 0 atom stereocenters. The number of aromatic hydroxyl groups is 1. The van der Waals surface area contributed by atoms with Gasteiger partial charge in [0.1, 0.15) is 5.75 Å². The second-order valence-corrected chi connectivity index (χ2v) is 6.26. The Bertz CT molecular complexity index is 431. The number of rotatable bonds is 4. The zero-order valence-electron chi connectivity index (χ0n) is 12.2. The SMILES string of the molecule is Cc1cc(CCCO)cc(C2(C)CCCCC2)c1O. The quantitative estimate of drug-likeness (QED) is 0.865. The number of aliphatic hydroxyl groups excluding tert-OH is 1. The van der Waals surface area contributed by atoms with Crippen molar-refractivity contribution >= 4 is 0 Å². The smallest absolute Gasteiger partial charge is 0.122 e. The van der Waals surface area contributed by atoms with Crippen molar-refractivity contribution < 1.29 is 10.2 Å². The average molecular weight is 262 g/mol. The van der Waals surface area contributed by atoms with Gasteiger partial charge in [0.05, 0.1) is 0 Å². The summed E-state index contributed by atoms with van der Waals surface area (Å²) >= 11 is 0. The fourth-order valence-corrected chi connectivity index (χ4v) is 3.34. The Morgan fingerprint density at radius 2 is 1.84 bits per heavy atom. The molecule has 1 aromatic rings. The molecule has 0 aliphatic heterocycles. The van der Waals surface area contributed by atoms with Gasteiger partial charge in [0.25, 0.3) is 0 Å². The Morgan fingerprint density at radius 1 is 1.16 bits per heavy atom. The van der Waals surface area contributed by atoms with Crippen molar-refractivity contribution in [3.8, 4) is 5.75 Å². The summed E-state index contributed by atoms with van der Waals surface area (Å²) < 4.78 is 0. The van der Waals surface area contributed by atoms with Crippen molar-refractivity contribution in [2.45, 2.75) is 64.2 Å². The van der Waals surface area contributed by atoms with Crippen LogP contribution < -0.4 is 0 Å². The molecule has 106 valence electrons. The molecule has 1 aliphatic rings. The van der Waals surface area contributed by atoms with E-state index in [1.54, 1.807) is 0 Å². The Labute approximate surface area is 116 Å². The second kappa shape index (κ2) is 5.96. The van der Waals surface area contributed by atoms with E-state index in [-0.39, 0.29) is 12.0 Å². The third kappa shape index (κ3) is 3.11. The van der Waals surface area contributed by atoms with Gasteiger partial charge in [-0.3, -0.25) is 0 Å². The zero-order chi connectivity index (χ0) is 13.9. The van der Waals surface area contributed by atoms with Crippen LogP contribution in [0.25, 0.3) is 0 Å². The van der Waals surface area contributed by atoms with Crippen molar-refractivity contribution in [2.75, 3.05) is 6.61 Å². The van der Waals surface area contributed by atoms with Crippen LogP contribution in [0.3, 0.4) is 0 Å². The molecule has 2 rings (SSSR count). The molecule has 1 aliphatic carbocycles. The highest BCUT2D eigenvalue weighted by Gasteiger charge is 2.31. The molecule has 19 heavy (non-hydrogen) atoms. The van der Waals surface area contributed by atoms with Crippen molar-refractivity contribution in [1.82, 2.24) is 0 Å². The molecular formula is C17H26O2. The number of phenolic OH excluding ortho intramolecular Hbond substituents is 1. The lowest BCUT2D eigenvalue weighted by atomic mass is 9.70. The van der Waals surface area contributed by atoms with E-state index in [0.717, 1.165) is 24.0 Å². The molecule has 0 spiro atoms. The van der Waals surface area contributed by atoms with Crippen LogP contribution in [0, 0.1) is 6.92 Å². The van der Waals surface area contributed by atoms with E-state index in [0.29, 0.717) is 5.75 Å². The lowest BCUT2D eigenvalue weighted by Gasteiger charge is -2.35. The van der Waals surface area contributed by atoms with Crippen LogP contribution in [0.5, 0.6) is 5.75 Å². The summed E-state index contributed by atoms with van der Waals surface area (Å²) in [6.45, 7) is 4.50. The minimum absolute atomic E-state index is 0.127. The first kappa shape index (κ1) is 14.4. The molecule has 0 bridgehead atoms. The maximum atomic E-state index is 10.4. The van der Waals surface area contributed by atoms with Crippen molar-refractivity contribution in [2.24, 2.45) is 0 Å². The van der Waals surface area contributed by atoms with Crippen LogP contribution >= 0.6 is 0 Å². The predicted molar refractivity (Wildman–Crippen MR) is 78.7 cm³/mol. The van der Waals surface area contributed by atoms with Gasteiger partial charge in [-0.15, -0.1) is 0 Å². The van der Waals surface area contributed by atoms with Crippen LogP contribution in [0.1, 0.15) is 62.1 Å². The molecule has 2 heteroatoms. The van der Waals surface area contributed by atoms with E-state index in [1.165, 1.54) is 37.7 Å². The van der Waals surface area contributed by atoms with E-state index in [1.807, 2.05) is 6.92 Å². The summed E-state index contributed by atoms with van der Waals surface area (Å²) in [5.74, 6) is 0.483. The summed E-state index contributed by atoms with van der Waals surface area (Å²) in [6.07, 6.45) is 7.86. The van der Waals surface area contributed by atoms with Crippen molar-refractivity contribution in [1.29, 1.82) is 0 Å². The third-order valence-corrected chi connectivity index (χ3v) is 4.59. The number of hydrogen-bond acceptors (Lipinski definition) is 2. The Morgan fingerprint density at radius 3 is 2.47 bits per heavy atom. The number of benzene rings is 1. The molecule has 1 saturated carbocycles. The largest absolute Gasteiger partial charge is 0.507 e. The number of hydrogen-bond donors (Lipinski definition) is 2. The Hall–Kier alpha value is -1.02. The molecule has 2 N–H and O–H groups in total. The van der Waals surface area contributed by atoms with E-state index >= 15 is 0 Å². The molecule has 0 amide bonds. The maximum Gasteiger partial charge on any atom is 0.122 e. The molecule has 0 saturated heterocycles. The first-order chi connectivity index (χ1) is 9.07. The van der Waals surface area contributed by atoms with Crippen LogP contribution in [0.2, 0.25) is 0 Å². The van der Waals surface area contributed by atoms with E-state index in [9.17, 15) is 5.11 Å². The summed E-state index contributed by atoms with van der Waals surface area (Å²) in [5.41, 5.74) is 3.46. The topological polar surface area (TPSA) is 40.5 Å². The molecular weight excluding hydrogens is 236 g/mol. The molecule has 0 radical (unpaired) electrons. The highest BCUT2D eigenvalue weighted by molar-refractivity contribution is 5.47. The molecule has 0 aromatic heterocycles. The van der Waals surface area contributed by atoms with E-state index in [4.69, 9.17) is 5.11 Å². The fourth-order valence-electron chi connectivity index (χ4n) is 3.34. The van der Waals surface area contributed by atoms with Gasteiger partial charge in [-0.25, -0.2) is 0 Å². The van der Waals surface area contributed by atoms with Crippen LogP contribution in [-0.2, 0) is 11.8 Å². The summed E-state index contributed by atoms with van der Waals surface area (Å²) in [4.78, 5) is 0. The lowest BCUT2D eigenvalue weighted by molar-refractivity contribution is 0.288. The Balaban J connectivity index is 2.34. The average Bonchev–Trinajstić information content (AvgIpc) is 2.40. The Kier molecular flexibility index (Phi) is 4.51. The fraction of sp³-hybridized carbons (Fsp3) is 0.647. The monoisotopic (exact) mass is 262 g/mol. The van der Waals surface area contributed by atoms with Crippen molar-refractivity contribution in [3.63, 3.8) is 0 Å². The van der Waals surface area contributed by atoms with Crippen LogP contribution in [0.15, 0.2) is 12.1 Å². The normalized spacial score (nSPS) is 18.5. The summed E-state index contributed by atoms with van der Waals surface area (Å²) in [5, 5.41) is 19.4. The number of aryl methyl sites for hydroxylation is 2. The second-order valence-electron chi connectivity index (χ2n) is 6.26. The van der Waals surface area contributed by atoms with E-state index < -0.39 is 0 Å². The van der Waals surface area contributed by atoms with Crippen molar-refractivity contribution in [3.05, 3.63) is 28.8 Å². The number of aliphatic hydroxyl groups is 1.